The SMILES string of the molecule is CC1(O)CCCN(CCCCCl)CC1. The molecule has 0 saturated carbocycles. The lowest BCUT2D eigenvalue weighted by atomic mass is 9.98. The van der Waals surface area contributed by atoms with Gasteiger partial charge in [0.05, 0.1) is 5.60 Å². The molecule has 0 amide bonds. The van der Waals surface area contributed by atoms with Crippen LogP contribution in [0.25, 0.3) is 0 Å². The van der Waals surface area contributed by atoms with E-state index in [0.717, 1.165) is 51.2 Å². The molecule has 1 atom stereocenters. The van der Waals surface area contributed by atoms with Gasteiger partial charge in [-0.25, -0.2) is 0 Å². The van der Waals surface area contributed by atoms with Crippen LogP contribution in [0, 0.1) is 0 Å². The zero-order valence-electron chi connectivity index (χ0n) is 9.14. The molecular weight excluding hydrogens is 198 g/mol. The van der Waals surface area contributed by atoms with Gasteiger partial charge in [-0.3, -0.25) is 0 Å². The summed E-state index contributed by atoms with van der Waals surface area (Å²) in [5.41, 5.74) is -0.429. The fourth-order valence-electron chi connectivity index (χ4n) is 1.97. The summed E-state index contributed by atoms with van der Waals surface area (Å²) in [7, 11) is 0. The minimum Gasteiger partial charge on any atom is -0.390 e. The number of hydrogen-bond donors (Lipinski definition) is 1. The molecule has 1 saturated heterocycles. The van der Waals surface area contributed by atoms with Gasteiger partial charge in [-0.2, -0.15) is 0 Å². The van der Waals surface area contributed by atoms with E-state index in [-0.39, 0.29) is 0 Å². The van der Waals surface area contributed by atoms with Gasteiger partial charge in [0.1, 0.15) is 0 Å². The van der Waals surface area contributed by atoms with Gasteiger partial charge in [-0.05, 0) is 52.1 Å². The van der Waals surface area contributed by atoms with E-state index in [1.54, 1.807) is 0 Å². The molecule has 1 fully saturated rings. The number of alkyl halides is 1. The highest BCUT2D eigenvalue weighted by Crippen LogP contribution is 2.21. The largest absolute Gasteiger partial charge is 0.390 e. The molecule has 0 radical (unpaired) electrons. The Bertz CT molecular complexity index is 161. The molecule has 1 heterocycles. The third kappa shape index (κ3) is 4.63. The summed E-state index contributed by atoms with van der Waals surface area (Å²) in [5.74, 6) is 0.769. The second-order valence-corrected chi connectivity index (χ2v) is 4.97. The minimum atomic E-state index is -0.429. The summed E-state index contributed by atoms with van der Waals surface area (Å²) in [6.45, 7) is 5.27. The van der Waals surface area contributed by atoms with Gasteiger partial charge >= 0.3 is 0 Å². The molecule has 3 heteroatoms. The van der Waals surface area contributed by atoms with Crippen molar-refractivity contribution >= 4 is 11.6 Å². The standard InChI is InChI=1S/C11H22ClNO/c1-11(14)5-4-9-13(10-6-11)8-3-2-7-12/h14H,2-10H2,1H3. The van der Waals surface area contributed by atoms with Gasteiger partial charge < -0.3 is 10.0 Å². The molecule has 2 nitrogen and oxygen atoms in total. The van der Waals surface area contributed by atoms with Crippen molar-refractivity contribution in [3.63, 3.8) is 0 Å². The number of likely N-dealkylation sites (tertiary alicyclic amines) is 1. The topological polar surface area (TPSA) is 23.5 Å². The van der Waals surface area contributed by atoms with E-state index in [0.29, 0.717) is 0 Å². The van der Waals surface area contributed by atoms with Gasteiger partial charge in [-0.15, -0.1) is 11.6 Å². The Kier molecular flexibility index (Phi) is 5.21. The van der Waals surface area contributed by atoms with Gasteiger partial charge in [0, 0.05) is 12.4 Å². The molecular formula is C11H22ClNO. The Labute approximate surface area is 92.2 Å². The predicted octanol–water partition coefficient (Wildman–Crippen LogP) is 2.24. The number of unbranched alkanes of at least 4 members (excludes halogenated alkanes) is 1. The molecule has 1 N–H and O–H groups in total. The van der Waals surface area contributed by atoms with Crippen molar-refractivity contribution in [2.75, 3.05) is 25.5 Å². The summed E-state index contributed by atoms with van der Waals surface area (Å²) >= 11 is 5.64. The fourth-order valence-corrected chi connectivity index (χ4v) is 2.16. The lowest BCUT2D eigenvalue weighted by Gasteiger charge is -2.22. The van der Waals surface area contributed by atoms with Crippen LogP contribution in [-0.4, -0.2) is 41.1 Å². The molecule has 0 spiro atoms. The van der Waals surface area contributed by atoms with Crippen LogP contribution in [0.15, 0.2) is 0 Å². The Balaban J connectivity index is 2.21. The molecule has 0 bridgehead atoms. The number of halogens is 1. The average Bonchev–Trinajstić information content (AvgIpc) is 2.28. The summed E-state index contributed by atoms with van der Waals surface area (Å²) < 4.78 is 0. The first-order chi connectivity index (χ1) is 6.64. The van der Waals surface area contributed by atoms with Crippen LogP contribution >= 0.6 is 11.6 Å². The highest BCUT2D eigenvalue weighted by Gasteiger charge is 2.24. The van der Waals surface area contributed by atoms with Crippen LogP contribution < -0.4 is 0 Å². The minimum absolute atomic E-state index is 0.429. The molecule has 1 rings (SSSR count). The molecule has 0 aromatic heterocycles. The smallest absolute Gasteiger partial charge is 0.0632 e. The first kappa shape index (κ1) is 12.3. The van der Waals surface area contributed by atoms with Gasteiger partial charge in [0.2, 0.25) is 0 Å². The molecule has 14 heavy (non-hydrogen) atoms. The third-order valence-corrected chi connectivity index (χ3v) is 3.28. The highest BCUT2D eigenvalue weighted by atomic mass is 35.5. The van der Waals surface area contributed by atoms with Crippen molar-refractivity contribution in [3.8, 4) is 0 Å². The Morgan fingerprint density at radius 3 is 2.79 bits per heavy atom. The molecule has 0 aromatic rings. The van der Waals surface area contributed by atoms with Crippen LogP contribution in [0.3, 0.4) is 0 Å². The maximum absolute atomic E-state index is 9.90. The summed E-state index contributed by atoms with van der Waals surface area (Å²) in [5, 5.41) is 9.90. The van der Waals surface area contributed by atoms with Gasteiger partial charge in [0.15, 0.2) is 0 Å². The molecule has 1 aliphatic heterocycles. The summed E-state index contributed by atoms with van der Waals surface area (Å²) in [6, 6.07) is 0. The molecule has 1 aliphatic rings. The van der Waals surface area contributed by atoms with E-state index in [1.807, 2.05) is 6.92 Å². The Morgan fingerprint density at radius 2 is 2.07 bits per heavy atom. The van der Waals surface area contributed by atoms with Gasteiger partial charge in [-0.1, -0.05) is 0 Å². The number of rotatable bonds is 4. The summed E-state index contributed by atoms with van der Waals surface area (Å²) in [4.78, 5) is 2.45. The van der Waals surface area contributed by atoms with Crippen LogP contribution in [-0.2, 0) is 0 Å². The third-order valence-electron chi connectivity index (χ3n) is 3.01. The maximum atomic E-state index is 9.90. The predicted molar refractivity (Wildman–Crippen MR) is 60.9 cm³/mol. The maximum Gasteiger partial charge on any atom is 0.0632 e. The van der Waals surface area contributed by atoms with Crippen molar-refractivity contribution in [1.29, 1.82) is 0 Å². The van der Waals surface area contributed by atoms with Crippen molar-refractivity contribution < 1.29 is 5.11 Å². The second kappa shape index (κ2) is 5.94. The monoisotopic (exact) mass is 219 g/mol. The number of nitrogens with zero attached hydrogens (tertiary/aromatic N) is 1. The normalized spacial score (nSPS) is 30.2. The fraction of sp³-hybridized carbons (Fsp3) is 1.00. The molecule has 0 aliphatic carbocycles. The second-order valence-electron chi connectivity index (χ2n) is 4.59. The van der Waals surface area contributed by atoms with Crippen LogP contribution in [0.4, 0.5) is 0 Å². The quantitative estimate of drug-likeness (QED) is 0.579. The summed E-state index contributed by atoms with van der Waals surface area (Å²) in [6.07, 6.45) is 5.26. The first-order valence-corrected chi connectivity index (χ1v) is 6.18. The zero-order valence-corrected chi connectivity index (χ0v) is 9.89. The van der Waals surface area contributed by atoms with Crippen molar-refractivity contribution in [2.45, 2.75) is 44.6 Å². The van der Waals surface area contributed by atoms with Crippen LogP contribution in [0.5, 0.6) is 0 Å². The van der Waals surface area contributed by atoms with Crippen molar-refractivity contribution in [2.24, 2.45) is 0 Å². The Hall–Kier alpha value is 0.210. The molecule has 1 unspecified atom stereocenters. The van der Waals surface area contributed by atoms with E-state index < -0.39 is 5.60 Å². The van der Waals surface area contributed by atoms with Crippen molar-refractivity contribution in [1.82, 2.24) is 4.90 Å². The lowest BCUT2D eigenvalue weighted by molar-refractivity contribution is 0.0446. The number of aliphatic hydroxyl groups is 1. The lowest BCUT2D eigenvalue weighted by Crippen LogP contribution is -2.29. The zero-order chi connectivity index (χ0) is 10.4. The average molecular weight is 220 g/mol. The van der Waals surface area contributed by atoms with E-state index >= 15 is 0 Å². The van der Waals surface area contributed by atoms with E-state index in [2.05, 4.69) is 4.90 Å². The van der Waals surface area contributed by atoms with E-state index in [1.165, 1.54) is 6.42 Å². The Morgan fingerprint density at radius 1 is 1.29 bits per heavy atom. The van der Waals surface area contributed by atoms with Gasteiger partial charge in [0.25, 0.3) is 0 Å². The van der Waals surface area contributed by atoms with Crippen molar-refractivity contribution in [3.05, 3.63) is 0 Å². The van der Waals surface area contributed by atoms with Crippen LogP contribution in [0.2, 0.25) is 0 Å². The molecule has 0 aromatic carbocycles. The van der Waals surface area contributed by atoms with E-state index in [9.17, 15) is 5.11 Å². The van der Waals surface area contributed by atoms with Crippen LogP contribution in [0.1, 0.15) is 39.0 Å². The highest BCUT2D eigenvalue weighted by molar-refractivity contribution is 6.17. The molecule has 84 valence electrons. The number of hydrogen-bond acceptors (Lipinski definition) is 2. The van der Waals surface area contributed by atoms with E-state index in [4.69, 9.17) is 11.6 Å². The first-order valence-electron chi connectivity index (χ1n) is 5.65.